The second kappa shape index (κ2) is 6.54. The van der Waals surface area contributed by atoms with Crippen LogP contribution in [0.2, 0.25) is 0 Å². The van der Waals surface area contributed by atoms with E-state index in [-0.39, 0.29) is 5.91 Å². The molecule has 0 aromatic carbocycles. The Kier molecular flexibility index (Phi) is 4.76. The lowest BCUT2D eigenvalue weighted by atomic mass is 10.3. The summed E-state index contributed by atoms with van der Waals surface area (Å²) in [6, 6.07) is 3.84. The van der Waals surface area contributed by atoms with Gasteiger partial charge < -0.3 is 9.15 Å². The molecule has 1 aliphatic carbocycles. The van der Waals surface area contributed by atoms with Crippen LogP contribution in [0.3, 0.4) is 0 Å². The molecule has 1 heterocycles. The van der Waals surface area contributed by atoms with Gasteiger partial charge in [-0.25, -0.2) is 5.48 Å². The number of amides is 1. The monoisotopic (exact) mass is 265 g/mol. The van der Waals surface area contributed by atoms with Crippen LogP contribution in [0.25, 0.3) is 6.08 Å². The van der Waals surface area contributed by atoms with Crippen molar-refractivity contribution in [1.29, 1.82) is 0 Å². The van der Waals surface area contributed by atoms with Crippen molar-refractivity contribution in [3.63, 3.8) is 0 Å². The van der Waals surface area contributed by atoms with E-state index >= 15 is 0 Å². The maximum absolute atomic E-state index is 11.4. The second-order valence-electron chi connectivity index (χ2n) is 4.70. The Bertz CT molecular complexity index is 452. The molecule has 1 N–H and O–H groups in total. The number of hydrogen-bond donors (Lipinski definition) is 1. The first-order valence-electron chi connectivity index (χ1n) is 6.39. The highest BCUT2D eigenvalue weighted by Crippen LogP contribution is 2.47. The van der Waals surface area contributed by atoms with Gasteiger partial charge in [0.05, 0.1) is 13.2 Å². The second-order valence-corrected chi connectivity index (χ2v) is 4.70. The third-order valence-electron chi connectivity index (χ3n) is 3.08. The van der Waals surface area contributed by atoms with Gasteiger partial charge in [0.2, 0.25) is 0 Å². The number of furan rings is 1. The molecule has 2 rings (SSSR count). The maximum Gasteiger partial charge on any atom is 0.267 e. The molecular weight excluding hydrogens is 246 g/mol. The van der Waals surface area contributed by atoms with Crippen LogP contribution in [0.1, 0.15) is 30.8 Å². The Balaban J connectivity index is 1.75. The zero-order valence-corrected chi connectivity index (χ0v) is 11.2. The summed E-state index contributed by atoms with van der Waals surface area (Å²) < 4.78 is 10.4. The van der Waals surface area contributed by atoms with Gasteiger partial charge >= 0.3 is 0 Å². The van der Waals surface area contributed by atoms with Gasteiger partial charge in [-0.3, -0.25) is 9.63 Å². The number of ether oxygens (including phenoxy) is 1. The molecular formula is C14H19NO4. The first-order chi connectivity index (χ1) is 9.20. The van der Waals surface area contributed by atoms with Crippen LogP contribution in [-0.4, -0.2) is 26.2 Å². The van der Waals surface area contributed by atoms with E-state index in [0.717, 1.165) is 5.76 Å². The molecule has 5 nitrogen and oxygen atoms in total. The van der Waals surface area contributed by atoms with Gasteiger partial charge in [0.25, 0.3) is 5.91 Å². The van der Waals surface area contributed by atoms with E-state index in [1.54, 1.807) is 13.2 Å². The number of carbonyl (C=O) groups excluding carboxylic acids is 1. The summed E-state index contributed by atoms with van der Waals surface area (Å²) in [5.74, 6) is 2.62. The third-order valence-corrected chi connectivity index (χ3v) is 3.08. The summed E-state index contributed by atoms with van der Waals surface area (Å²) in [7, 11) is 1.57. The highest BCUT2D eigenvalue weighted by molar-refractivity contribution is 5.90. The van der Waals surface area contributed by atoms with Gasteiger partial charge in [-0.15, -0.1) is 0 Å². The summed E-state index contributed by atoms with van der Waals surface area (Å²) in [4.78, 5) is 16.3. The fourth-order valence-electron chi connectivity index (χ4n) is 1.81. The molecule has 2 unspecified atom stereocenters. The molecule has 0 aliphatic heterocycles. The topological polar surface area (TPSA) is 60.7 Å². The summed E-state index contributed by atoms with van der Waals surface area (Å²) in [5, 5.41) is 0. The molecule has 19 heavy (non-hydrogen) atoms. The molecule has 1 fully saturated rings. The van der Waals surface area contributed by atoms with E-state index in [1.807, 2.05) is 12.1 Å². The molecule has 1 aliphatic rings. The van der Waals surface area contributed by atoms with Gasteiger partial charge in [-0.05, 0) is 30.5 Å². The Morgan fingerprint density at radius 3 is 3.00 bits per heavy atom. The van der Waals surface area contributed by atoms with Crippen LogP contribution >= 0.6 is 0 Å². The smallest absolute Gasteiger partial charge is 0.267 e. The zero-order chi connectivity index (χ0) is 13.7. The lowest BCUT2D eigenvalue weighted by molar-refractivity contribution is -0.129. The van der Waals surface area contributed by atoms with E-state index in [2.05, 4.69) is 12.4 Å². The van der Waals surface area contributed by atoms with Crippen LogP contribution in [0.5, 0.6) is 0 Å². The Morgan fingerprint density at radius 2 is 2.32 bits per heavy atom. The minimum absolute atomic E-state index is 0.320. The molecule has 1 amide bonds. The van der Waals surface area contributed by atoms with Crippen molar-refractivity contribution < 1.29 is 18.8 Å². The minimum Gasteiger partial charge on any atom is -0.461 e. The van der Waals surface area contributed by atoms with Crippen LogP contribution in [-0.2, 0) is 14.4 Å². The van der Waals surface area contributed by atoms with Crippen molar-refractivity contribution in [2.45, 2.75) is 19.3 Å². The molecule has 5 heteroatoms. The molecule has 2 atom stereocenters. The first-order valence-corrected chi connectivity index (χ1v) is 6.39. The van der Waals surface area contributed by atoms with Gasteiger partial charge in [-0.1, -0.05) is 6.92 Å². The molecule has 104 valence electrons. The van der Waals surface area contributed by atoms with Crippen LogP contribution < -0.4 is 5.48 Å². The Hall–Kier alpha value is -1.59. The Morgan fingerprint density at radius 1 is 1.53 bits per heavy atom. The highest BCUT2D eigenvalue weighted by Gasteiger charge is 2.36. The number of nitrogens with one attached hydrogen (secondary N) is 1. The summed E-state index contributed by atoms with van der Waals surface area (Å²) in [6.45, 7) is 2.96. The first kappa shape index (κ1) is 13.8. The third kappa shape index (κ3) is 4.22. The molecule has 1 saturated carbocycles. The van der Waals surface area contributed by atoms with Gasteiger partial charge in [0.15, 0.2) is 0 Å². The van der Waals surface area contributed by atoms with Gasteiger partial charge in [-0.2, -0.15) is 0 Å². The zero-order valence-electron chi connectivity index (χ0n) is 11.2. The highest BCUT2D eigenvalue weighted by atomic mass is 16.7. The van der Waals surface area contributed by atoms with E-state index < -0.39 is 0 Å². The SMILES string of the molecule is COCCONC(=O)/C=C/c1ccc(C2CC2C)o1. The van der Waals surface area contributed by atoms with Crippen molar-refractivity contribution in [1.82, 2.24) is 5.48 Å². The average molecular weight is 265 g/mol. The number of carbonyl (C=O) groups is 1. The number of methoxy groups -OCH3 is 1. The van der Waals surface area contributed by atoms with E-state index in [4.69, 9.17) is 14.0 Å². The summed E-state index contributed by atoms with van der Waals surface area (Å²) in [5.41, 5.74) is 2.29. The number of hydroxylamine groups is 1. The van der Waals surface area contributed by atoms with Crippen LogP contribution in [0.4, 0.5) is 0 Å². The van der Waals surface area contributed by atoms with Crippen molar-refractivity contribution in [3.8, 4) is 0 Å². The quantitative estimate of drug-likeness (QED) is 0.466. The molecule has 0 saturated heterocycles. The predicted octanol–water partition coefficient (Wildman–Crippen LogP) is 2.11. The predicted molar refractivity (Wildman–Crippen MR) is 70.2 cm³/mol. The fraction of sp³-hybridized carbons (Fsp3) is 0.500. The van der Waals surface area contributed by atoms with Crippen molar-refractivity contribution >= 4 is 12.0 Å². The van der Waals surface area contributed by atoms with Crippen LogP contribution in [0.15, 0.2) is 22.6 Å². The van der Waals surface area contributed by atoms with E-state index in [0.29, 0.717) is 30.8 Å². The van der Waals surface area contributed by atoms with Gasteiger partial charge in [0, 0.05) is 19.1 Å². The van der Waals surface area contributed by atoms with Crippen molar-refractivity contribution in [2.24, 2.45) is 5.92 Å². The fourth-order valence-corrected chi connectivity index (χ4v) is 1.81. The maximum atomic E-state index is 11.4. The van der Waals surface area contributed by atoms with E-state index in [9.17, 15) is 4.79 Å². The van der Waals surface area contributed by atoms with Crippen LogP contribution in [0, 0.1) is 5.92 Å². The normalized spacial score (nSPS) is 21.8. The lowest BCUT2D eigenvalue weighted by Crippen LogP contribution is -2.23. The standard InChI is InChI=1S/C14H19NO4/c1-10-9-12(10)13-5-3-11(19-13)4-6-14(16)15-18-8-7-17-2/h3-6,10,12H,7-9H2,1-2H3,(H,15,16)/b6-4+. The minimum atomic E-state index is -0.325. The molecule has 0 radical (unpaired) electrons. The van der Waals surface area contributed by atoms with Gasteiger partial charge in [0.1, 0.15) is 11.5 Å². The lowest BCUT2D eigenvalue weighted by Gasteiger charge is -2.01. The molecule has 0 spiro atoms. The summed E-state index contributed by atoms with van der Waals surface area (Å²) in [6.07, 6.45) is 4.20. The number of rotatable bonds is 7. The molecule has 0 bridgehead atoms. The summed E-state index contributed by atoms with van der Waals surface area (Å²) >= 11 is 0. The molecule has 1 aromatic heterocycles. The number of hydrogen-bond acceptors (Lipinski definition) is 4. The molecule has 1 aromatic rings. The van der Waals surface area contributed by atoms with Crippen molar-refractivity contribution in [3.05, 3.63) is 29.7 Å². The van der Waals surface area contributed by atoms with Crippen molar-refractivity contribution in [2.75, 3.05) is 20.3 Å². The Labute approximate surface area is 112 Å². The largest absolute Gasteiger partial charge is 0.461 e. The average Bonchev–Trinajstić information content (AvgIpc) is 2.95. The van der Waals surface area contributed by atoms with E-state index in [1.165, 1.54) is 12.5 Å².